The van der Waals surface area contributed by atoms with Crippen LogP contribution in [0, 0.1) is 44.1 Å². The molecular weight excluding hydrogens is 298 g/mol. The van der Waals surface area contributed by atoms with Crippen molar-refractivity contribution in [2.24, 2.45) is 0 Å². The Morgan fingerprint density at radius 2 is 2.09 bits per heavy atom. The van der Waals surface area contributed by atoms with E-state index in [0.29, 0.717) is 5.69 Å². The molecule has 1 N–H and O–H groups in total. The van der Waals surface area contributed by atoms with Crippen molar-refractivity contribution in [3.05, 3.63) is 57.9 Å². The van der Waals surface area contributed by atoms with Crippen LogP contribution in [0.25, 0.3) is 5.69 Å². The molecule has 23 heavy (non-hydrogen) atoms. The molecule has 0 radical (unpaired) electrons. The number of nitrogens with zero attached hydrogens (tertiary/aromatic N) is 6. The van der Waals surface area contributed by atoms with E-state index in [1.54, 1.807) is 18.2 Å². The summed E-state index contributed by atoms with van der Waals surface area (Å²) in [4.78, 5) is 10.3. The van der Waals surface area contributed by atoms with Crippen LogP contribution < -0.4 is 5.32 Å². The molecule has 9 nitrogen and oxygen atoms in total. The lowest BCUT2D eigenvalue weighted by Crippen LogP contribution is -1.98. The standard InChI is InChI=1S/C14H7N7O2/c15-5-10(6-16)8-18-14-11(7-17)9-20(19-14)12-2-1-3-13(4-12)21(22)23/h1-4,8-9H,(H,18,19). The fourth-order valence-electron chi connectivity index (χ4n) is 1.67. The third kappa shape index (κ3) is 3.30. The van der Waals surface area contributed by atoms with Gasteiger partial charge in [-0.3, -0.25) is 10.1 Å². The summed E-state index contributed by atoms with van der Waals surface area (Å²) >= 11 is 0. The molecule has 1 heterocycles. The zero-order valence-electron chi connectivity index (χ0n) is 11.5. The lowest BCUT2D eigenvalue weighted by molar-refractivity contribution is -0.384. The summed E-state index contributed by atoms with van der Waals surface area (Å²) in [6.45, 7) is 0. The number of aromatic nitrogens is 2. The fraction of sp³-hybridized carbons (Fsp3) is 0. The molecule has 9 heteroatoms. The van der Waals surface area contributed by atoms with Gasteiger partial charge < -0.3 is 5.32 Å². The van der Waals surface area contributed by atoms with Gasteiger partial charge in [-0.25, -0.2) is 4.68 Å². The molecule has 0 bridgehead atoms. The van der Waals surface area contributed by atoms with Crippen molar-refractivity contribution < 1.29 is 4.92 Å². The Balaban J connectivity index is 2.40. The van der Waals surface area contributed by atoms with Crippen LogP contribution in [0.2, 0.25) is 0 Å². The second-order valence-corrected chi connectivity index (χ2v) is 4.15. The van der Waals surface area contributed by atoms with Gasteiger partial charge in [0.2, 0.25) is 0 Å². The number of hydrogen-bond acceptors (Lipinski definition) is 7. The van der Waals surface area contributed by atoms with Crippen LogP contribution in [0.3, 0.4) is 0 Å². The fourth-order valence-corrected chi connectivity index (χ4v) is 1.67. The van der Waals surface area contributed by atoms with Crippen molar-refractivity contribution in [2.75, 3.05) is 5.32 Å². The zero-order chi connectivity index (χ0) is 16.8. The van der Waals surface area contributed by atoms with Gasteiger partial charge in [0.05, 0.1) is 16.8 Å². The summed E-state index contributed by atoms with van der Waals surface area (Å²) in [5.41, 5.74) is 0.262. The van der Waals surface area contributed by atoms with Crippen molar-refractivity contribution in [2.45, 2.75) is 0 Å². The number of benzene rings is 1. The second-order valence-electron chi connectivity index (χ2n) is 4.15. The number of nitro groups is 1. The molecule has 2 rings (SSSR count). The molecule has 1 aromatic carbocycles. The van der Waals surface area contributed by atoms with Crippen molar-refractivity contribution in [3.8, 4) is 23.9 Å². The average Bonchev–Trinajstić information content (AvgIpc) is 2.99. The van der Waals surface area contributed by atoms with Gasteiger partial charge in [-0.2, -0.15) is 15.8 Å². The maximum Gasteiger partial charge on any atom is 0.271 e. The predicted octanol–water partition coefficient (Wildman–Crippen LogP) is 2.00. The van der Waals surface area contributed by atoms with E-state index in [1.807, 2.05) is 6.07 Å². The number of non-ortho nitro benzene ring substituents is 1. The second kappa shape index (κ2) is 6.53. The normalized spacial score (nSPS) is 9.09. The van der Waals surface area contributed by atoms with Crippen molar-refractivity contribution >= 4 is 11.5 Å². The average molecular weight is 305 g/mol. The maximum atomic E-state index is 10.8. The lowest BCUT2D eigenvalue weighted by Gasteiger charge is -2.00. The van der Waals surface area contributed by atoms with Gasteiger partial charge in [0.1, 0.15) is 29.3 Å². The van der Waals surface area contributed by atoms with E-state index in [-0.39, 0.29) is 22.6 Å². The Morgan fingerprint density at radius 1 is 1.35 bits per heavy atom. The van der Waals surface area contributed by atoms with Gasteiger partial charge >= 0.3 is 0 Å². The largest absolute Gasteiger partial charge is 0.342 e. The molecule has 0 fully saturated rings. The molecule has 0 aliphatic heterocycles. The third-order valence-corrected chi connectivity index (χ3v) is 2.73. The number of anilines is 1. The van der Waals surface area contributed by atoms with Gasteiger partial charge in [0, 0.05) is 18.3 Å². The molecule has 0 aliphatic carbocycles. The summed E-state index contributed by atoms with van der Waals surface area (Å²) in [5.74, 6) is 0.127. The minimum absolute atomic E-state index is 0.109. The molecule has 1 aromatic heterocycles. The third-order valence-electron chi connectivity index (χ3n) is 2.73. The highest BCUT2D eigenvalue weighted by Gasteiger charge is 2.12. The number of nitrogens with one attached hydrogen (secondary N) is 1. The molecule has 0 aliphatic rings. The first-order valence-corrected chi connectivity index (χ1v) is 6.10. The predicted molar refractivity (Wildman–Crippen MR) is 77.9 cm³/mol. The lowest BCUT2D eigenvalue weighted by atomic mass is 10.3. The summed E-state index contributed by atoms with van der Waals surface area (Å²) in [7, 11) is 0. The molecule has 0 saturated heterocycles. The van der Waals surface area contributed by atoms with E-state index in [1.165, 1.54) is 29.1 Å². The summed E-state index contributed by atoms with van der Waals surface area (Å²) in [6, 6.07) is 11.0. The first-order valence-electron chi connectivity index (χ1n) is 6.10. The summed E-state index contributed by atoms with van der Waals surface area (Å²) < 4.78 is 1.29. The van der Waals surface area contributed by atoms with Crippen LogP contribution in [0.1, 0.15) is 5.56 Å². The highest BCUT2D eigenvalue weighted by molar-refractivity contribution is 5.56. The molecule has 2 aromatic rings. The van der Waals surface area contributed by atoms with Crippen molar-refractivity contribution in [1.82, 2.24) is 9.78 Å². The zero-order valence-corrected chi connectivity index (χ0v) is 11.5. The highest BCUT2D eigenvalue weighted by atomic mass is 16.6. The monoisotopic (exact) mass is 305 g/mol. The van der Waals surface area contributed by atoms with Crippen molar-refractivity contribution in [1.29, 1.82) is 15.8 Å². The molecular formula is C14H7N7O2. The van der Waals surface area contributed by atoms with E-state index in [4.69, 9.17) is 15.8 Å². The van der Waals surface area contributed by atoms with E-state index < -0.39 is 4.92 Å². The Kier molecular flexibility index (Phi) is 4.32. The van der Waals surface area contributed by atoms with Crippen LogP contribution >= 0.6 is 0 Å². The quantitative estimate of drug-likeness (QED) is 0.516. The van der Waals surface area contributed by atoms with Gasteiger partial charge in [-0.1, -0.05) is 6.07 Å². The Bertz CT molecular complexity index is 906. The first-order chi connectivity index (χ1) is 11.1. The Hall–Kier alpha value is -4.16. The molecule has 0 atom stereocenters. The minimum atomic E-state index is -0.536. The molecule has 0 spiro atoms. The molecule has 0 unspecified atom stereocenters. The topological polar surface area (TPSA) is 144 Å². The number of rotatable bonds is 4. The number of nitriles is 3. The van der Waals surface area contributed by atoms with Gasteiger partial charge in [0.25, 0.3) is 5.69 Å². The van der Waals surface area contributed by atoms with Gasteiger partial charge in [-0.05, 0) is 6.07 Å². The van der Waals surface area contributed by atoms with Crippen LogP contribution in [0.15, 0.2) is 42.2 Å². The maximum absolute atomic E-state index is 10.8. The summed E-state index contributed by atoms with van der Waals surface area (Å²) in [5, 5.41) is 43.9. The van der Waals surface area contributed by atoms with Gasteiger partial charge in [0.15, 0.2) is 5.82 Å². The van der Waals surface area contributed by atoms with E-state index in [0.717, 1.165) is 6.20 Å². The smallest absolute Gasteiger partial charge is 0.271 e. The molecule has 0 saturated carbocycles. The SMILES string of the molecule is N#CC(C#N)=CNc1nn(-c2cccc([N+](=O)[O-])c2)cc1C#N. The van der Waals surface area contributed by atoms with Gasteiger partial charge in [-0.15, -0.1) is 5.10 Å². The van der Waals surface area contributed by atoms with Crippen LogP contribution in [-0.2, 0) is 0 Å². The van der Waals surface area contributed by atoms with E-state index in [2.05, 4.69) is 10.4 Å². The summed E-state index contributed by atoms with van der Waals surface area (Å²) in [6.07, 6.45) is 2.51. The van der Waals surface area contributed by atoms with E-state index in [9.17, 15) is 10.1 Å². The first kappa shape index (κ1) is 15.2. The number of hydrogen-bond donors (Lipinski definition) is 1. The molecule has 110 valence electrons. The Morgan fingerprint density at radius 3 is 2.70 bits per heavy atom. The van der Waals surface area contributed by atoms with Crippen LogP contribution in [0.4, 0.5) is 11.5 Å². The number of allylic oxidation sites excluding steroid dienone is 1. The molecule has 0 amide bonds. The van der Waals surface area contributed by atoms with Crippen LogP contribution in [0.5, 0.6) is 0 Å². The highest BCUT2D eigenvalue weighted by Crippen LogP contribution is 2.20. The minimum Gasteiger partial charge on any atom is -0.342 e. The number of nitro benzene ring substituents is 1. The van der Waals surface area contributed by atoms with Crippen LogP contribution in [-0.4, -0.2) is 14.7 Å². The van der Waals surface area contributed by atoms with E-state index >= 15 is 0 Å². The van der Waals surface area contributed by atoms with Crippen molar-refractivity contribution in [3.63, 3.8) is 0 Å². The Labute approximate surface area is 130 Å².